The van der Waals surface area contributed by atoms with Gasteiger partial charge in [0.05, 0.1) is 17.4 Å². The monoisotopic (exact) mass is 623 g/mol. The van der Waals surface area contributed by atoms with Gasteiger partial charge in [-0.15, -0.1) is 0 Å². The fourth-order valence-electron chi connectivity index (χ4n) is 5.76. The fraction of sp³-hybridized carbons (Fsp3) is 0.400. The Labute approximate surface area is 253 Å². The SMILES string of the molecule is CCCn1cc(CCN(C)C(Cc2coc3ccc(NC(=O)c4cc5c6c(c4[N+](=O)[O-])OP(=O)(O5)O6)cc23)C(C)CC)cn1. The van der Waals surface area contributed by atoms with Crippen LogP contribution < -0.4 is 18.9 Å². The van der Waals surface area contributed by atoms with Crippen LogP contribution in [0, 0.1) is 16.0 Å². The number of amides is 1. The maximum Gasteiger partial charge on any atom is 0.647 e. The molecule has 2 aliphatic heterocycles. The Kier molecular flexibility index (Phi) is 7.85. The molecule has 3 atom stereocenters. The molecule has 2 aliphatic rings. The molecule has 2 aromatic carbocycles. The Morgan fingerprint density at radius 1 is 1.20 bits per heavy atom. The number of carbonyl (C=O) groups excluding carboxylic acids is 1. The van der Waals surface area contributed by atoms with Gasteiger partial charge < -0.3 is 28.2 Å². The molecule has 3 unspecified atom stereocenters. The molecule has 6 rings (SSSR count). The zero-order valence-corrected chi connectivity index (χ0v) is 25.8. The molecule has 0 spiro atoms. The highest BCUT2D eigenvalue weighted by molar-refractivity contribution is 7.50. The van der Waals surface area contributed by atoms with Crippen molar-refractivity contribution in [2.75, 3.05) is 18.9 Å². The molecule has 14 heteroatoms. The van der Waals surface area contributed by atoms with E-state index in [9.17, 15) is 19.5 Å². The Bertz CT molecular complexity index is 1800. The van der Waals surface area contributed by atoms with Crippen LogP contribution in [0.1, 0.15) is 55.1 Å². The number of carbonyl (C=O) groups is 1. The number of nitro benzene ring substituents is 1. The van der Waals surface area contributed by atoms with Gasteiger partial charge in [0.15, 0.2) is 5.75 Å². The number of likely N-dealkylation sites (N-methyl/N-ethyl adjacent to an activating group) is 1. The minimum atomic E-state index is -3.96. The average Bonchev–Trinajstić information content (AvgIpc) is 3.76. The summed E-state index contributed by atoms with van der Waals surface area (Å²) in [5, 5.41) is 19.9. The summed E-state index contributed by atoms with van der Waals surface area (Å²) in [7, 11) is -1.82. The van der Waals surface area contributed by atoms with E-state index in [0.29, 0.717) is 17.2 Å². The highest BCUT2D eigenvalue weighted by Crippen LogP contribution is 2.71. The molecular formula is C30H34N5O8P. The van der Waals surface area contributed by atoms with E-state index in [1.807, 2.05) is 10.9 Å². The van der Waals surface area contributed by atoms with Crippen molar-refractivity contribution in [2.24, 2.45) is 5.92 Å². The van der Waals surface area contributed by atoms with E-state index in [0.717, 1.165) is 55.8 Å². The Hall–Kier alpha value is -4.35. The lowest BCUT2D eigenvalue weighted by Gasteiger charge is -2.32. The molecule has 4 heterocycles. The number of anilines is 1. The Morgan fingerprint density at radius 2 is 2.00 bits per heavy atom. The van der Waals surface area contributed by atoms with Crippen molar-refractivity contribution in [3.63, 3.8) is 0 Å². The van der Waals surface area contributed by atoms with Gasteiger partial charge in [0.2, 0.25) is 5.75 Å². The molecule has 2 bridgehead atoms. The number of nitrogens with zero attached hydrogens (tertiary/aromatic N) is 4. The number of aryl methyl sites for hydroxylation is 1. The number of benzene rings is 2. The summed E-state index contributed by atoms with van der Waals surface area (Å²) in [5.41, 5.74) is 2.38. The van der Waals surface area contributed by atoms with E-state index in [2.05, 4.69) is 49.3 Å². The van der Waals surface area contributed by atoms with Crippen LogP contribution in [0.15, 0.2) is 47.3 Å². The maximum absolute atomic E-state index is 13.3. The van der Waals surface area contributed by atoms with Gasteiger partial charge in [-0.05, 0) is 61.6 Å². The van der Waals surface area contributed by atoms with Crippen LogP contribution in [0.5, 0.6) is 17.2 Å². The molecule has 0 fully saturated rings. The van der Waals surface area contributed by atoms with Crippen LogP contribution >= 0.6 is 7.82 Å². The lowest BCUT2D eigenvalue weighted by Crippen LogP contribution is -2.39. The molecule has 0 saturated heterocycles. The largest absolute Gasteiger partial charge is 0.647 e. The maximum atomic E-state index is 13.3. The molecule has 44 heavy (non-hydrogen) atoms. The topological polar surface area (TPSA) is 151 Å². The molecule has 4 aromatic rings. The first-order chi connectivity index (χ1) is 21.1. The van der Waals surface area contributed by atoms with Crippen molar-refractivity contribution < 1.29 is 32.3 Å². The quantitative estimate of drug-likeness (QED) is 0.0979. The van der Waals surface area contributed by atoms with E-state index < -0.39 is 24.3 Å². The predicted molar refractivity (Wildman–Crippen MR) is 163 cm³/mol. The first kappa shape index (κ1) is 29.7. The second-order valence-corrected chi connectivity index (χ2v) is 12.8. The third kappa shape index (κ3) is 5.53. The summed E-state index contributed by atoms with van der Waals surface area (Å²) in [6, 6.07) is 6.61. The number of rotatable bonds is 13. The fourth-order valence-corrected chi connectivity index (χ4v) is 7.04. The van der Waals surface area contributed by atoms with E-state index >= 15 is 0 Å². The molecule has 0 saturated carbocycles. The standard InChI is InChI=1S/C30H34N5O8P/c1-5-10-34-16-19(15-31-34)9-11-33(4)24(18(3)6-2)12-20-17-40-25-8-7-21(13-22(20)25)32-30(36)23-14-26-28-29(27(23)35(37)38)43-44(39,41-26)42-28/h7-8,13-18,24H,5-6,9-12H2,1-4H3,(H,32,36). The van der Waals surface area contributed by atoms with Gasteiger partial charge in [-0.25, -0.2) is 0 Å². The van der Waals surface area contributed by atoms with Crippen molar-refractivity contribution in [3.8, 4) is 17.2 Å². The minimum absolute atomic E-state index is 0.0343. The molecule has 1 amide bonds. The number of hydrogen-bond acceptors (Lipinski definition) is 10. The van der Waals surface area contributed by atoms with Gasteiger partial charge in [-0.3, -0.25) is 19.6 Å². The zero-order chi connectivity index (χ0) is 31.2. The van der Waals surface area contributed by atoms with Gasteiger partial charge in [-0.2, -0.15) is 9.66 Å². The molecule has 2 aromatic heterocycles. The van der Waals surface area contributed by atoms with Crippen LogP contribution in [0.25, 0.3) is 11.0 Å². The lowest BCUT2D eigenvalue weighted by atomic mass is 9.91. The van der Waals surface area contributed by atoms with Gasteiger partial charge in [0, 0.05) is 42.5 Å². The highest BCUT2D eigenvalue weighted by atomic mass is 31.2. The van der Waals surface area contributed by atoms with E-state index in [1.54, 1.807) is 24.5 Å². The summed E-state index contributed by atoms with van der Waals surface area (Å²) in [6.45, 7) is 8.35. The third-order valence-corrected chi connectivity index (χ3v) is 9.55. The van der Waals surface area contributed by atoms with Crippen molar-refractivity contribution in [3.05, 3.63) is 69.7 Å². The summed E-state index contributed by atoms with van der Waals surface area (Å²) < 4.78 is 35.4. The number of hydrogen-bond donors (Lipinski definition) is 1. The van der Waals surface area contributed by atoms with Crippen LogP contribution in [-0.4, -0.2) is 45.1 Å². The second kappa shape index (κ2) is 11.6. The first-order valence-corrected chi connectivity index (χ1v) is 16.1. The Morgan fingerprint density at radius 3 is 2.73 bits per heavy atom. The summed E-state index contributed by atoms with van der Waals surface area (Å²) in [4.78, 5) is 26.8. The van der Waals surface area contributed by atoms with E-state index in [1.165, 1.54) is 5.56 Å². The van der Waals surface area contributed by atoms with Crippen molar-refractivity contribution in [2.45, 2.75) is 59.0 Å². The molecule has 13 nitrogen and oxygen atoms in total. The minimum Gasteiger partial charge on any atom is -0.464 e. The van der Waals surface area contributed by atoms with Crippen LogP contribution in [0.4, 0.5) is 11.4 Å². The normalized spacial score (nSPS) is 17.8. The number of aromatic nitrogens is 2. The zero-order valence-electron chi connectivity index (χ0n) is 24.9. The van der Waals surface area contributed by atoms with Gasteiger partial charge in [0.25, 0.3) is 11.7 Å². The molecule has 1 N–H and O–H groups in total. The van der Waals surface area contributed by atoms with Crippen molar-refractivity contribution in [1.82, 2.24) is 14.7 Å². The smallest absolute Gasteiger partial charge is 0.464 e. The highest BCUT2D eigenvalue weighted by Gasteiger charge is 2.55. The average molecular weight is 624 g/mol. The van der Waals surface area contributed by atoms with Crippen LogP contribution in [-0.2, 0) is 24.0 Å². The number of furan rings is 1. The first-order valence-electron chi connectivity index (χ1n) is 14.7. The predicted octanol–water partition coefficient (Wildman–Crippen LogP) is 6.60. The van der Waals surface area contributed by atoms with Gasteiger partial charge >= 0.3 is 13.5 Å². The number of phosphoric acid groups is 1. The van der Waals surface area contributed by atoms with Gasteiger partial charge in [0.1, 0.15) is 11.1 Å². The van der Waals surface area contributed by atoms with Crippen molar-refractivity contribution in [1.29, 1.82) is 0 Å². The number of fused-ring (bicyclic) bond motifs is 2. The molecule has 0 aliphatic carbocycles. The molecule has 0 radical (unpaired) electrons. The second-order valence-electron chi connectivity index (χ2n) is 11.3. The van der Waals surface area contributed by atoms with E-state index in [-0.39, 0.29) is 28.9 Å². The van der Waals surface area contributed by atoms with E-state index in [4.69, 9.17) is 18.0 Å². The number of nitro groups is 1. The third-order valence-electron chi connectivity index (χ3n) is 8.32. The van der Waals surface area contributed by atoms with Crippen LogP contribution in [0.3, 0.4) is 0 Å². The molecule has 232 valence electrons. The molecular weight excluding hydrogens is 589 g/mol. The summed E-state index contributed by atoms with van der Waals surface area (Å²) in [5.74, 6) is -0.871. The summed E-state index contributed by atoms with van der Waals surface area (Å²) >= 11 is 0. The number of phosphoric ester groups is 1. The van der Waals surface area contributed by atoms with Crippen molar-refractivity contribution >= 4 is 36.1 Å². The van der Waals surface area contributed by atoms with Gasteiger partial charge in [-0.1, -0.05) is 27.2 Å². The Balaban J connectivity index is 1.21. The summed E-state index contributed by atoms with van der Waals surface area (Å²) in [6.07, 6.45) is 9.49. The lowest BCUT2D eigenvalue weighted by molar-refractivity contribution is -0.385. The number of nitrogens with one attached hydrogen (secondary N) is 1. The van der Waals surface area contributed by atoms with Crippen LogP contribution in [0.2, 0.25) is 0 Å².